The lowest BCUT2D eigenvalue weighted by Crippen LogP contribution is -2.00. The first kappa shape index (κ1) is 28.3. The van der Waals surface area contributed by atoms with Gasteiger partial charge in [-0.05, 0) is 71.1 Å². The number of fused-ring (bicyclic) bond motifs is 7. The Morgan fingerprint density at radius 3 is 1.50 bits per heavy atom. The minimum absolute atomic E-state index is 0.649. The molecule has 0 saturated heterocycles. The molecule has 0 N–H and O–H groups in total. The fraction of sp³-hybridized carbons (Fsp3) is 0. The van der Waals surface area contributed by atoms with E-state index in [1.54, 1.807) is 0 Å². The van der Waals surface area contributed by atoms with Crippen molar-refractivity contribution in [2.75, 3.05) is 0 Å². The molecule has 10 aromatic rings. The molecule has 0 saturated carbocycles. The van der Waals surface area contributed by atoms with Crippen molar-refractivity contribution in [1.29, 1.82) is 0 Å². The van der Waals surface area contributed by atoms with Crippen molar-refractivity contribution in [3.8, 4) is 45.3 Å². The van der Waals surface area contributed by atoms with Crippen molar-refractivity contribution >= 4 is 53.9 Å². The van der Waals surface area contributed by atoms with Crippen LogP contribution in [0.4, 0.5) is 0 Å². The Morgan fingerprint density at radius 1 is 0.240 bits per heavy atom. The SMILES string of the molecule is c1ccc(-c2nc(-c3ccc4ccc5c6ccccc6ccc5c4c3)nc(-c3cccc4c(-c5cccc6ccccc56)cccc34)n2)cc1. The van der Waals surface area contributed by atoms with Crippen LogP contribution in [0.5, 0.6) is 0 Å². The van der Waals surface area contributed by atoms with E-state index in [2.05, 4.69) is 158 Å². The molecule has 0 radical (unpaired) electrons. The molecule has 50 heavy (non-hydrogen) atoms. The van der Waals surface area contributed by atoms with E-state index >= 15 is 0 Å². The summed E-state index contributed by atoms with van der Waals surface area (Å²) >= 11 is 0. The Morgan fingerprint density at radius 2 is 0.720 bits per heavy atom. The van der Waals surface area contributed by atoms with Gasteiger partial charge in [0.05, 0.1) is 0 Å². The van der Waals surface area contributed by atoms with Crippen LogP contribution in [-0.4, -0.2) is 15.0 Å². The van der Waals surface area contributed by atoms with Gasteiger partial charge in [-0.25, -0.2) is 15.0 Å². The van der Waals surface area contributed by atoms with Crippen molar-refractivity contribution in [3.05, 3.63) is 176 Å². The lowest BCUT2D eigenvalue weighted by molar-refractivity contribution is 1.08. The highest BCUT2D eigenvalue weighted by atomic mass is 15.0. The van der Waals surface area contributed by atoms with Gasteiger partial charge in [0, 0.05) is 16.7 Å². The molecule has 0 fully saturated rings. The van der Waals surface area contributed by atoms with Crippen LogP contribution in [0.3, 0.4) is 0 Å². The summed E-state index contributed by atoms with van der Waals surface area (Å²) in [6, 6.07) is 62.3. The van der Waals surface area contributed by atoms with E-state index in [-0.39, 0.29) is 0 Å². The Labute approximate surface area is 289 Å². The van der Waals surface area contributed by atoms with Gasteiger partial charge in [0.25, 0.3) is 0 Å². The topological polar surface area (TPSA) is 38.7 Å². The second-order valence-corrected chi connectivity index (χ2v) is 12.8. The smallest absolute Gasteiger partial charge is 0.164 e. The molecular weight excluding hydrogens is 607 g/mol. The summed E-state index contributed by atoms with van der Waals surface area (Å²) < 4.78 is 0. The molecule has 0 bridgehead atoms. The molecule has 1 heterocycles. The summed E-state index contributed by atoms with van der Waals surface area (Å²) in [7, 11) is 0. The lowest BCUT2D eigenvalue weighted by Gasteiger charge is -2.14. The Hall–Kier alpha value is -6.71. The zero-order valence-electron chi connectivity index (χ0n) is 27.1. The highest BCUT2D eigenvalue weighted by Gasteiger charge is 2.17. The normalized spacial score (nSPS) is 11.6. The highest BCUT2D eigenvalue weighted by Crippen LogP contribution is 2.38. The molecule has 10 rings (SSSR count). The van der Waals surface area contributed by atoms with Gasteiger partial charge in [0.2, 0.25) is 0 Å². The quantitative estimate of drug-likeness (QED) is 0.181. The van der Waals surface area contributed by atoms with E-state index in [1.807, 2.05) is 18.2 Å². The standard InChI is InChI=1S/C47H29N3/c1-2-13-33(14-3-1)45-48-46(34-24-23-32-26-27-41-36-17-7-5-12-31(36)25-28-42(41)44(32)29-34)50-47(49-45)43-22-10-20-39-38(19-9-21-40(39)43)37-18-8-15-30-11-4-6-16-35(30)37/h1-29H. The highest BCUT2D eigenvalue weighted by molar-refractivity contribution is 6.17. The van der Waals surface area contributed by atoms with Gasteiger partial charge in [0.15, 0.2) is 17.5 Å². The zero-order valence-corrected chi connectivity index (χ0v) is 27.1. The van der Waals surface area contributed by atoms with Gasteiger partial charge in [-0.3, -0.25) is 0 Å². The monoisotopic (exact) mass is 635 g/mol. The van der Waals surface area contributed by atoms with Crippen LogP contribution in [-0.2, 0) is 0 Å². The van der Waals surface area contributed by atoms with Crippen LogP contribution in [0.1, 0.15) is 0 Å². The fourth-order valence-corrected chi connectivity index (χ4v) is 7.50. The van der Waals surface area contributed by atoms with E-state index in [1.165, 1.54) is 54.2 Å². The third-order valence-corrected chi connectivity index (χ3v) is 9.91. The van der Waals surface area contributed by atoms with Crippen LogP contribution >= 0.6 is 0 Å². The maximum Gasteiger partial charge on any atom is 0.164 e. The average Bonchev–Trinajstić information content (AvgIpc) is 3.20. The van der Waals surface area contributed by atoms with Crippen LogP contribution in [0.2, 0.25) is 0 Å². The minimum Gasteiger partial charge on any atom is -0.208 e. The molecule has 0 atom stereocenters. The summed E-state index contributed by atoms with van der Waals surface area (Å²) in [6.45, 7) is 0. The molecule has 1 aromatic heterocycles. The van der Waals surface area contributed by atoms with Gasteiger partial charge in [-0.15, -0.1) is 0 Å². The Balaban J connectivity index is 1.19. The van der Waals surface area contributed by atoms with Gasteiger partial charge in [0.1, 0.15) is 0 Å². The molecule has 9 aromatic carbocycles. The maximum atomic E-state index is 5.22. The molecule has 0 spiro atoms. The summed E-state index contributed by atoms with van der Waals surface area (Å²) in [5.74, 6) is 1.95. The summed E-state index contributed by atoms with van der Waals surface area (Å²) in [4.78, 5) is 15.4. The first-order valence-electron chi connectivity index (χ1n) is 16.9. The van der Waals surface area contributed by atoms with Crippen molar-refractivity contribution in [1.82, 2.24) is 15.0 Å². The first-order valence-corrected chi connectivity index (χ1v) is 16.9. The van der Waals surface area contributed by atoms with Crippen molar-refractivity contribution in [3.63, 3.8) is 0 Å². The van der Waals surface area contributed by atoms with Crippen molar-refractivity contribution in [2.24, 2.45) is 0 Å². The number of rotatable bonds is 4. The Bertz CT molecular complexity index is 2920. The molecule has 0 aliphatic rings. The van der Waals surface area contributed by atoms with Gasteiger partial charge in [-0.2, -0.15) is 0 Å². The lowest BCUT2D eigenvalue weighted by atomic mass is 9.92. The minimum atomic E-state index is 0.649. The van der Waals surface area contributed by atoms with Crippen LogP contribution in [0.25, 0.3) is 99.2 Å². The molecule has 0 unspecified atom stereocenters. The molecular formula is C47H29N3. The predicted molar refractivity (Wildman–Crippen MR) is 209 cm³/mol. The van der Waals surface area contributed by atoms with E-state index in [9.17, 15) is 0 Å². The second kappa shape index (κ2) is 11.5. The predicted octanol–water partition coefficient (Wildman–Crippen LogP) is 12.3. The molecule has 0 amide bonds. The summed E-state index contributed by atoms with van der Waals surface area (Å²) in [5.41, 5.74) is 5.28. The number of hydrogen-bond donors (Lipinski definition) is 0. The molecule has 0 aliphatic heterocycles. The van der Waals surface area contributed by atoms with Gasteiger partial charge >= 0.3 is 0 Å². The van der Waals surface area contributed by atoms with Gasteiger partial charge < -0.3 is 0 Å². The molecule has 0 aliphatic carbocycles. The van der Waals surface area contributed by atoms with E-state index in [0.29, 0.717) is 17.5 Å². The maximum absolute atomic E-state index is 5.22. The van der Waals surface area contributed by atoms with E-state index in [4.69, 9.17) is 15.0 Å². The Kier molecular flexibility index (Phi) is 6.49. The number of aromatic nitrogens is 3. The van der Waals surface area contributed by atoms with Crippen molar-refractivity contribution in [2.45, 2.75) is 0 Å². The fourth-order valence-electron chi connectivity index (χ4n) is 7.50. The van der Waals surface area contributed by atoms with Crippen LogP contribution in [0.15, 0.2) is 176 Å². The largest absolute Gasteiger partial charge is 0.208 e. The summed E-state index contributed by atoms with van der Waals surface area (Å²) in [6.07, 6.45) is 0. The second-order valence-electron chi connectivity index (χ2n) is 12.8. The van der Waals surface area contributed by atoms with Crippen LogP contribution < -0.4 is 0 Å². The first-order chi connectivity index (χ1) is 24.8. The third-order valence-electron chi connectivity index (χ3n) is 9.91. The average molecular weight is 636 g/mol. The third kappa shape index (κ3) is 4.63. The molecule has 232 valence electrons. The van der Waals surface area contributed by atoms with E-state index in [0.717, 1.165) is 27.5 Å². The van der Waals surface area contributed by atoms with Gasteiger partial charge in [-0.1, -0.05) is 170 Å². The van der Waals surface area contributed by atoms with Crippen LogP contribution in [0, 0.1) is 0 Å². The summed E-state index contributed by atoms with van der Waals surface area (Å²) in [5, 5.41) is 12.0. The van der Waals surface area contributed by atoms with E-state index < -0.39 is 0 Å². The van der Waals surface area contributed by atoms with Crippen molar-refractivity contribution < 1.29 is 0 Å². The number of nitrogens with zero attached hydrogens (tertiary/aromatic N) is 3. The molecule has 3 heteroatoms. The number of benzene rings is 9. The number of hydrogen-bond acceptors (Lipinski definition) is 3. The zero-order chi connectivity index (χ0) is 33.0. The molecule has 3 nitrogen and oxygen atoms in total.